The number of alkyl halides is 6. The van der Waals surface area contributed by atoms with Crippen molar-refractivity contribution in [3.05, 3.63) is 31.5 Å². The van der Waals surface area contributed by atoms with Gasteiger partial charge in [-0.25, -0.2) is 28.1 Å². The minimum atomic E-state index is -0.616. The van der Waals surface area contributed by atoms with Crippen molar-refractivity contribution in [3.63, 3.8) is 0 Å². The van der Waals surface area contributed by atoms with Crippen molar-refractivity contribution >= 4 is 95.6 Å². The van der Waals surface area contributed by atoms with Crippen LogP contribution in [0, 0.1) is 0 Å². The van der Waals surface area contributed by atoms with E-state index in [0.29, 0.717) is 16.0 Å². The van der Waals surface area contributed by atoms with E-state index in [1.165, 1.54) is 0 Å². The van der Waals surface area contributed by atoms with Gasteiger partial charge < -0.3 is 0 Å². The maximum Gasteiger partial charge on any atom is 0.336 e. The van der Waals surface area contributed by atoms with Crippen LogP contribution in [0.5, 0.6) is 0 Å². The van der Waals surface area contributed by atoms with E-state index in [-0.39, 0.29) is 19.6 Å². The lowest BCUT2D eigenvalue weighted by molar-refractivity contribution is 0.400. The summed E-state index contributed by atoms with van der Waals surface area (Å²) in [6.07, 6.45) is 0. The molecule has 3 atom stereocenters. The third-order valence-electron chi connectivity index (χ3n) is 3.68. The largest absolute Gasteiger partial charge is 0.336 e. The van der Waals surface area contributed by atoms with Crippen LogP contribution in [-0.2, 0) is 19.6 Å². The van der Waals surface area contributed by atoms with Gasteiger partial charge in [-0.1, -0.05) is 95.6 Å². The molecule has 156 valence electrons. The molecule has 0 aliphatic carbocycles. The lowest BCUT2D eigenvalue weighted by Crippen LogP contribution is -2.58. The summed E-state index contributed by atoms with van der Waals surface area (Å²) in [5, 5.41) is 1.58. The summed E-state index contributed by atoms with van der Waals surface area (Å²) in [5.41, 5.74) is -1.85. The summed E-state index contributed by atoms with van der Waals surface area (Å²) < 4.78 is 1.80. The average molecular weight is 771 g/mol. The van der Waals surface area contributed by atoms with Crippen LogP contribution in [-0.4, -0.2) is 42.7 Å². The van der Waals surface area contributed by atoms with Crippen LogP contribution in [0.3, 0.4) is 0 Å². The maximum atomic E-state index is 13.0. The highest BCUT2D eigenvalue weighted by Gasteiger charge is 2.29. The summed E-state index contributed by atoms with van der Waals surface area (Å²) in [7, 11) is 0. The van der Waals surface area contributed by atoms with Gasteiger partial charge in [0.25, 0.3) is 0 Å². The first kappa shape index (κ1) is 26.3. The molecule has 1 heterocycles. The van der Waals surface area contributed by atoms with Crippen molar-refractivity contribution in [1.29, 1.82) is 0 Å². The molecule has 27 heavy (non-hydrogen) atoms. The molecule has 1 aromatic heterocycles. The third-order valence-corrected chi connectivity index (χ3v) is 11.2. The number of nitrogens with zero attached hydrogens (tertiary/aromatic N) is 3. The fourth-order valence-electron chi connectivity index (χ4n) is 2.20. The summed E-state index contributed by atoms with van der Waals surface area (Å²) >= 11 is 20.7. The first-order valence-corrected chi connectivity index (χ1v) is 13.6. The Hall–Kier alpha value is 1.29. The molecule has 0 aromatic carbocycles. The molecule has 0 amide bonds. The number of halogens is 6. The molecule has 1 aromatic rings. The van der Waals surface area contributed by atoms with Gasteiger partial charge >= 0.3 is 17.1 Å². The fraction of sp³-hybridized carbons (Fsp3) is 0.800. The van der Waals surface area contributed by atoms with Crippen LogP contribution in [0.1, 0.15) is 20.8 Å². The van der Waals surface area contributed by atoms with Crippen LogP contribution in [0.4, 0.5) is 0 Å². The minimum Gasteiger partial charge on any atom is -0.247 e. The predicted molar refractivity (Wildman–Crippen MR) is 133 cm³/mol. The highest BCUT2D eigenvalue weighted by Crippen LogP contribution is 2.23. The number of rotatable bonds is 9. The normalized spacial score (nSPS) is 18.6. The van der Waals surface area contributed by atoms with Crippen LogP contribution >= 0.6 is 95.6 Å². The molecule has 0 aliphatic heterocycles. The molecule has 12 heteroatoms. The second-order valence-electron chi connectivity index (χ2n) is 7.25. The molecule has 1 rings (SSSR count). The van der Waals surface area contributed by atoms with E-state index >= 15 is 0 Å². The maximum absolute atomic E-state index is 13.0. The topological polar surface area (TPSA) is 66.0 Å². The highest BCUT2D eigenvalue weighted by molar-refractivity contribution is 9.13. The fourth-order valence-corrected chi connectivity index (χ4v) is 3.49. The molecular weight excluding hydrogens is 750 g/mol. The van der Waals surface area contributed by atoms with E-state index in [9.17, 15) is 14.4 Å². The summed E-state index contributed by atoms with van der Waals surface area (Å²) in [6.45, 7) is 5.97. The lowest BCUT2D eigenvalue weighted by Gasteiger charge is -2.26. The van der Waals surface area contributed by atoms with Gasteiger partial charge in [-0.2, -0.15) is 0 Å². The van der Waals surface area contributed by atoms with Crippen LogP contribution < -0.4 is 17.1 Å². The monoisotopic (exact) mass is 765 g/mol. The van der Waals surface area contributed by atoms with Gasteiger partial charge in [-0.3, -0.25) is 0 Å². The number of hydrogen-bond acceptors (Lipinski definition) is 3. The number of aromatic nitrogens is 3. The van der Waals surface area contributed by atoms with E-state index < -0.39 is 30.0 Å². The van der Waals surface area contributed by atoms with Crippen LogP contribution in [0.15, 0.2) is 14.4 Å². The van der Waals surface area contributed by atoms with E-state index in [1.54, 1.807) is 0 Å². The van der Waals surface area contributed by atoms with Gasteiger partial charge in [0.1, 0.15) is 0 Å². The molecule has 3 unspecified atom stereocenters. The second-order valence-corrected chi connectivity index (χ2v) is 14.7. The Morgan fingerprint density at radius 3 is 0.926 bits per heavy atom. The lowest BCUT2D eigenvalue weighted by atomic mass is 10.2. The van der Waals surface area contributed by atoms with Crippen molar-refractivity contribution in [2.24, 2.45) is 0 Å². The zero-order chi connectivity index (χ0) is 21.2. The Morgan fingerprint density at radius 1 is 0.593 bits per heavy atom. The molecule has 0 radical (unpaired) electrons. The Bertz CT molecular complexity index is 701. The Balaban J connectivity index is 3.76. The SMILES string of the molecule is CC(Br)(CBr)Cn1c(=O)n(CC(C)(Br)CBr)c(=O)n(CC(C)(Br)CBr)c1=O. The summed E-state index contributed by atoms with van der Waals surface area (Å²) in [4.78, 5) is 39.0. The highest BCUT2D eigenvalue weighted by atomic mass is 79.9. The minimum absolute atomic E-state index is 0.122. The van der Waals surface area contributed by atoms with E-state index in [2.05, 4.69) is 95.6 Å². The van der Waals surface area contributed by atoms with E-state index in [0.717, 1.165) is 13.7 Å². The molecular formula is C15H21Br6N3O3. The van der Waals surface area contributed by atoms with Gasteiger partial charge in [-0.05, 0) is 20.8 Å². The third kappa shape index (κ3) is 7.18. The molecule has 0 fully saturated rings. The first-order chi connectivity index (χ1) is 12.2. The molecule has 0 bridgehead atoms. The zero-order valence-corrected chi connectivity index (χ0v) is 24.6. The number of hydrogen-bond donors (Lipinski definition) is 0. The Morgan fingerprint density at radius 2 is 0.778 bits per heavy atom. The molecule has 0 saturated heterocycles. The van der Waals surface area contributed by atoms with Gasteiger partial charge in [0.2, 0.25) is 0 Å². The quantitative estimate of drug-likeness (QED) is 0.359. The van der Waals surface area contributed by atoms with Gasteiger partial charge in [0, 0.05) is 35.6 Å². The Labute approximate surface area is 208 Å². The summed E-state index contributed by atoms with van der Waals surface area (Å²) in [6, 6.07) is 0. The zero-order valence-electron chi connectivity index (χ0n) is 15.1. The molecule has 0 spiro atoms. The predicted octanol–water partition coefficient (Wildman–Crippen LogP) is 3.82. The molecule has 0 N–H and O–H groups in total. The van der Waals surface area contributed by atoms with Crippen molar-refractivity contribution in [2.45, 2.75) is 53.4 Å². The van der Waals surface area contributed by atoms with E-state index in [4.69, 9.17) is 0 Å². The van der Waals surface area contributed by atoms with Crippen molar-refractivity contribution in [3.8, 4) is 0 Å². The van der Waals surface area contributed by atoms with Crippen LogP contribution in [0.2, 0.25) is 0 Å². The van der Waals surface area contributed by atoms with Crippen LogP contribution in [0.25, 0.3) is 0 Å². The van der Waals surface area contributed by atoms with Crippen molar-refractivity contribution < 1.29 is 0 Å². The van der Waals surface area contributed by atoms with Gasteiger partial charge in [0.15, 0.2) is 0 Å². The molecule has 0 aliphatic rings. The standard InChI is InChI=1S/C15H21Br6N3O3/c1-13(19,4-16)7-22-10(25)23(8-14(2,20)5-17)12(27)24(11(22)26)9-15(3,21)6-18/h4-9H2,1-3H3. The average Bonchev–Trinajstić information content (AvgIpc) is 2.59. The van der Waals surface area contributed by atoms with Crippen molar-refractivity contribution in [2.75, 3.05) is 16.0 Å². The Kier molecular flexibility index (Phi) is 9.81. The first-order valence-electron chi connectivity index (χ1n) is 7.89. The molecule has 6 nitrogen and oxygen atoms in total. The molecule has 0 saturated carbocycles. The van der Waals surface area contributed by atoms with Gasteiger partial charge in [-0.15, -0.1) is 0 Å². The smallest absolute Gasteiger partial charge is 0.247 e. The van der Waals surface area contributed by atoms with E-state index in [1.807, 2.05) is 20.8 Å². The summed E-state index contributed by atoms with van der Waals surface area (Å²) in [5.74, 6) is 0. The van der Waals surface area contributed by atoms with Crippen molar-refractivity contribution in [1.82, 2.24) is 13.7 Å². The van der Waals surface area contributed by atoms with Gasteiger partial charge in [0.05, 0.1) is 13.0 Å². The second kappa shape index (κ2) is 10.1.